The number of fused-ring (bicyclic) bond motifs is 2. The number of hydrogen-bond donors (Lipinski definition) is 1. The fourth-order valence-corrected chi connectivity index (χ4v) is 5.72. The molecule has 152 valence electrons. The van der Waals surface area contributed by atoms with Gasteiger partial charge in [-0.1, -0.05) is 37.3 Å². The molecule has 2 saturated heterocycles. The Hall–Kier alpha value is -2.43. The van der Waals surface area contributed by atoms with Gasteiger partial charge in [0.15, 0.2) is 0 Å². The standard InChI is InChI=1S/C24H29N3O2/c1-15(28)26-9-8-16(13-26)14-27-22(29)12-24(2,21-11-20(21)23(27)25)19-7-6-17-4-3-5-18(17)10-19/h3,5-7,10,16,20-21,25H,4,8-9,11-14H2,1-2H3/t16?,20?,21?,24-/m0/s1. The molecule has 0 bridgehead atoms. The SMILES string of the molecule is CC(=O)N1CCC(CN2C(=N)C3CC3[C@](C)(c3ccc4c(c3)C=CC4)CC2=O)C1. The van der Waals surface area contributed by atoms with Gasteiger partial charge < -0.3 is 9.80 Å². The van der Waals surface area contributed by atoms with Gasteiger partial charge in [0, 0.05) is 44.3 Å². The van der Waals surface area contributed by atoms with Gasteiger partial charge in [-0.3, -0.25) is 15.0 Å². The number of allylic oxidation sites excluding steroid dienone is 1. The molecule has 1 aromatic carbocycles. The molecule has 2 aliphatic carbocycles. The molecule has 1 N–H and O–H groups in total. The van der Waals surface area contributed by atoms with E-state index in [4.69, 9.17) is 5.41 Å². The van der Waals surface area contributed by atoms with Crippen LogP contribution in [0.5, 0.6) is 0 Å². The number of amides is 2. The molecule has 4 aliphatic rings. The third kappa shape index (κ3) is 3.02. The van der Waals surface area contributed by atoms with E-state index in [1.807, 2.05) is 4.90 Å². The number of carbonyl (C=O) groups excluding carboxylic acids is 2. The summed E-state index contributed by atoms with van der Waals surface area (Å²) in [5.41, 5.74) is 3.66. The molecule has 0 aromatic heterocycles. The first-order valence-electron chi connectivity index (χ1n) is 10.8. The molecule has 2 heterocycles. The second-order valence-corrected chi connectivity index (χ2v) is 9.57. The first-order chi connectivity index (χ1) is 13.9. The van der Waals surface area contributed by atoms with Gasteiger partial charge in [0.2, 0.25) is 11.8 Å². The number of benzene rings is 1. The molecule has 5 heteroatoms. The van der Waals surface area contributed by atoms with Gasteiger partial charge in [0.25, 0.3) is 0 Å². The van der Waals surface area contributed by atoms with Crippen molar-refractivity contribution in [3.63, 3.8) is 0 Å². The molecule has 1 aromatic rings. The Morgan fingerprint density at radius 1 is 1.34 bits per heavy atom. The molecule has 2 amide bonds. The van der Waals surface area contributed by atoms with Crippen molar-refractivity contribution in [3.8, 4) is 0 Å². The van der Waals surface area contributed by atoms with Gasteiger partial charge >= 0.3 is 0 Å². The number of nitrogens with one attached hydrogen (secondary N) is 1. The van der Waals surface area contributed by atoms with Gasteiger partial charge in [-0.2, -0.15) is 0 Å². The summed E-state index contributed by atoms with van der Waals surface area (Å²) in [7, 11) is 0. The number of likely N-dealkylation sites (tertiary alicyclic amines) is 2. The van der Waals surface area contributed by atoms with Crippen LogP contribution in [0.1, 0.15) is 49.8 Å². The maximum absolute atomic E-state index is 13.3. The lowest BCUT2D eigenvalue weighted by Crippen LogP contribution is -2.42. The highest BCUT2D eigenvalue weighted by Gasteiger charge is 2.57. The van der Waals surface area contributed by atoms with Crippen molar-refractivity contribution in [1.82, 2.24) is 9.80 Å². The summed E-state index contributed by atoms with van der Waals surface area (Å²) < 4.78 is 0. The van der Waals surface area contributed by atoms with Gasteiger partial charge in [-0.05, 0) is 47.8 Å². The third-order valence-electron chi connectivity index (χ3n) is 7.68. The lowest BCUT2D eigenvalue weighted by molar-refractivity contribution is -0.129. The monoisotopic (exact) mass is 391 g/mol. The van der Waals surface area contributed by atoms with E-state index in [1.165, 1.54) is 16.7 Å². The summed E-state index contributed by atoms with van der Waals surface area (Å²) in [5.74, 6) is 1.50. The quantitative estimate of drug-likeness (QED) is 0.860. The number of amidine groups is 1. The van der Waals surface area contributed by atoms with Crippen molar-refractivity contribution < 1.29 is 9.59 Å². The smallest absolute Gasteiger partial charge is 0.228 e. The van der Waals surface area contributed by atoms with Crippen LogP contribution >= 0.6 is 0 Å². The van der Waals surface area contributed by atoms with Crippen molar-refractivity contribution in [2.75, 3.05) is 19.6 Å². The van der Waals surface area contributed by atoms with Crippen LogP contribution in [-0.2, 0) is 21.4 Å². The van der Waals surface area contributed by atoms with Crippen LogP contribution in [0.15, 0.2) is 24.3 Å². The van der Waals surface area contributed by atoms with Crippen molar-refractivity contribution >= 4 is 23.7 Å². The molecule has 3 fully saturated rings. The molecule has 0 spiro atoms. The zero-order chi connectivity index (χ0) is 20.3. The first-order valence-corrected chi connectivity index (χ1v) is 10.8. The molecule has 29 heavy (non-hydrogen) atoms. The highest BCUT2D eigenvalue weighted by molar-refractivity contribution is 6.01. The van der Waals surface area contributed by atoms with Crippen LogP contribution < -0.4 is 0 Å². The topological polar surface area (TPSA) is 64.5 Å². The van der Waals surface area contributed by atoms with E-state index in [1.54, 1.807) is 11.8 Å². The lowest BCUT2D eigenvalue weighted by Gasteiger charge is -2.31. The maximum atomic E-state index is 13.3. The molecule has 0 radical (unpaired) electrons. The summed E-state index contributed by atoms with van der Waals surface area (Å²) in [6.07, 6.45) is 7.74. The zero-order valence-corrected chi connectivity index (χ0v) is 17.3. The van der Waals surface area contributed by atoms with E-state index in [0.717, 1.165) is 25.8 Å². The van der Waals surface area contributed by atoms with Crippen molar-refractivity contribution in [2.24, 2.45) is 17.8 Å². The second-order valence-electron chi connectivity index (χ2n) is 9.57. The highest BCUT2D eigenvalue weighted by Crippen LogP contribution is 2.57. The minimum atomic E-state index is -0.213. The summed E-state index contributed by atoms with van der Waals surface area (Å²) in [4.78, 5) is 28.6. The van der Waals surface area contributed by atoms with Crippen LogP contribution in [0.3, 0.4) is 0 Å². The van der Waals surface area contributed by atoms with Gasteiger partial charge in [-0.15, -0.1) is 0 Å². The Morgan fingerprint density at radius 2 is 2.17 bits per heavy atom. The van der Waals surface area contributed by atoms with E-state index in [9.17, 15) is 9.59 Å². The van der Waals surface area contributed by atoms with E-state index in [0.29, 0.717) is 31.3 Å². The summed E-state index contributed by atoms with van der Waals surface area (Å²) in [5, 5.41) is 8.74. The summed E-state index contributed by atoms with van der Waals surface area (Å²) in [6, 6.07) is 6.68. The Bertz CT molecular complexity index is 936. The molecule has 4 atom stereocenters. The molecule has 3 unspecified atom stereocenters. The second kappa shape index (κ2) is 6.54. The van der Waals surface area contributed by atoms with E-state index < -0.39 is 0 Å². The Kier molecular flexibility index (Phi) is 4.19. The van der Waals surface area contributed by atoms with Gasteiger partial charge in [0.1, 0.15) is 5.84 Å². The molecule has 2 aliphatic heterocycles. The molecular weight excluding hydrogens is 362 g/mol. The summed E-state index contributed by atoms with van der Waals surface area (Å²) in [6.45, 7) is 5.87. The molecule has 1 saturated carbocycles. The number of rotatable bonds is 3. The van der Waals surface area contributed by atoms with Crippen molar-refractivity contribution in [1.29, 1.82) is 5.41 Å². The van der Waals surface area contributed by atoms with Gasteiger partial charge in [0.05, 0.1) is 0 Å². The average Bonchev–Trinajstić information content (AvgIpc) is 3.15. The average molecular weight is 392 g/mol. The van der Waals surface area contributed by atoms with E-state index in [-0.39, 0.29) is 29.1 Å². The Balaban J connectivity index is 1.38. The highest BCUT2D eigenvalue weighted by atomic mass is 16.2. The predicted molar refractivity (Wildman–Crippen MR) is 113 cm³/mol. The van der Waals surface area contributed by atoms with Crippen LogP contribution in [0.2, 0.25) is 0 Å². The number of hydrogen-bond acceptors (Lipinski definition) is 3. The Morgan fingerprint density at radius 3 is 2.93 bits per heavy atom. The third-order valence-corrected chi connectivity index (χ3v) is 7.68. The van der Waals surface area contributed by atoms with E-state index >= 15 is 0 Å². The van der Waals surface area contributed by atoms with Crippen LogP contribution in [0.4, 0.5) is 0 Å². The normalized spacial score (nSPS) is 33.0. The molecule has 5 nitrogen and oxygen atoms in total. The summed E-state index contributed by atoms with van der Waals surface area (Å²) >= 11 is 0. The van der Waals surface area contributed by atoms with Crippen LogP contribution in [-0.4, -0.2) is 47.1 Å². The van der Waals surface area contributed by atoms with Gasteiger partial charge in [-0.25, -0.2) is 0 Å². The fraction of sp³-hybridized carbons (Fsp3) is 0.542. The predicted octanol–water partition coefficient (Wildman–Crippen LogP) is 3.23. The Labute approximate surface area is 172 Å². The number of carbonyl (C=O) groups is 2. The van der Waals surface area contributed by atoms with Crippen molar-refractivity contribution in [3.05, 3.63) is 41.0 Å². The maximum Gasteiger partial charge on any atom is 0.228 e. The molecular formula is C24H29N3O2. The zero-order valence-electron chi connectivity index (χ0n) is 17.3. The fourth-order valence-electron chi connectivity index (χ4n) is 5.72. The minimum Gasteiger partial charge on any atom is -0.343 e. The molecule has 5 rings (SSSR count). The van der Waals surface area contributed by atoms with Crippen molar-refractivity contribution in [2.45, 2.75) is 44.9 Å². The number of nitrogens with zero attached hydrogens (tertiary/aromatic N) is 2. The van der Waals surface area contributed by atoms with Crippen LogP contribution in [0.25, 0.3) is 6.08 Å². The lowest BCUT2D eigenvalue weighted by atomic mass is 9.74. The van der Waals surface area contributed by atoms with E-state index in [2.05, 4.69) is 37.3 Å². The first kappa shape index (κ1) is 18.6. The largest absolute Gasteiger partial charge is 0.343 e. The minimum absolute atomic E-state index is 0.0713. The van der Waals surface area contributed by atoms with Crippen LogP contribution in [0, 0.1) is 23.2 Å².